The predicted octanol–water partition coefficient (Wildman–Crippen LogP) is 12.0. The van der Waals surface area contributed by atoms with Crippen LogP contribution in [0.2, 0.25) is 0 Å². The van der Waals surface area contributed by atoms with E-state index in [2.05, 4.69) is 133 Å². The molecule has 0 aliphatic rings. The standard InChI is InChI=1S/C43H25N3OS/c1-2-11-27-24-28(21-20-26(27)10-1)41-44-42(29-22-23-32-31-13-6-8-19-38(31)48-39(32)25-29)46-43(45-41)34-14-4-3-12-30(34)33-16-9-18-37-40(33)35-15-5-7-17-36(35)47-37/h1-25H. The zero-order chi connectivity index (χ0) is 31.6. The maximum absolute atomic E-state index is 6.27. The largest absolute Gasteiger partial charge is 0.456 e. The molecule has 0 aliphatic carbocycles. The smallest absolute Gasteiger partial charge is 0.164 e. The molecule has 3 aromatic heterocycles. The SMILES string of the molecule is c1ccc(-c2cccc3oc4ccccc4c23)c(-c2nc(-c3ccc4ccccc4c3)nc(-c3ccc4c(c3)sc3ccccc34)n2)c1. The molecule has 0 fully saturated rings. The molecule has 3 heterocycles. The van der Waals surface area contributed by atoms with Gasteiger partial charge in [0.2, 0.25) is 0 Å². The molecule has 48 heavy (non-hydrogen) atoms. The first-order chi connectivity index (χ1) is 23.8. The minimum Gasteiger partial charge on any atom is -0.456 e. The fourth-order valence-electron chi connectivity index (χ4n) is 6.86. The molecule has 0 radical (unpaired) electrons. The molecule has 7 aromatic carbocycles. The first kappa shape index (κ1) is 27.0. The van der Waals surface area contributed by atoms with Crippen LogP contribution >= 0.6 is 11.3 Å². The van der Waals surface area contributed by atoms with E-state index in [-0.39, 0.29) is 0 Å². The maximum atomic E-state index is 6.27. The minimum atomic E-state index is 0.625. The van der Waals surface area contributed by atoms with Gasteiger partial charge in [-0.05, 0) is 52.2 Å². The summed E-state index contributed by atoms with van der Waals surface area (Å²) in [7, 11) is 0. The van der Waals surface area contributed by atoms with Crippen molar-refractivity contribution in [2.24, 2.45) is 0 Å². The number of para-hydroxylation sites is 1. The molecular weight excluding hydrogens is 607 g/mol. The fourth-order valence-corrected chi connectivity index (χ4v) is 8.01. The maximum Gasteiger partial charge on any atom is 0.164 e. The van der Waals surface area contributed by atoms with E-state index < -0.39 is 0 Å². The van der Waals surface area contributed by atoms with Gasteiger partial charge >= 0.3 is 0 Å². The Morgan fingerprint density at radius 2 is 1.02 bits per heavy atom. The number of aromatic nitrogens is 3. The summed E-state index contributed by atoms with van der Waals surface area (Å²) in [6.45, 7) is 0. The molecule has 0 spiro atoms. The molecule has 0 saturated carbocycles. The van der Waals surface area contributed by atoms with Gasteiger partial charge < -0.3 is 4.42 Å². The van der Waals surface area contributed by atoms with Gasteiger partial charge in [0.25, 0.3) is 0 Å². The average Bonchev–Trinajstić information content (AvgIpc) is 3.72. The van der Waals surface area contributed by atoms with E-state index in [1.807, 2.05) is 18.2 Å². The third-order valence-corrected chi connectivity index (χ3v) is 10.3. The predicted molar refractivity (Wildman–Crippen MR) is 199 cm³/mol. The van der Waals surface area contributed by atoms with Crippen LogP contribution in [-0.4, -0.2) is 15.0 Å². The molecule has 10 aromatic rings. The normalized spacial score (nSPS) is 11.8. The number of furan rings is 1. The lowest BCUT2D eigenvalue weighted by Crippen LogP contribution is -2.01. The number of nitrogens with zero attached hydrogens (tertiary/aromatic N) is 3. The third-order valence-electron chi connectivity index (χ3n) is 9.14. The summed E-state index contributed by atoms with van der Waals surface area (Å²) >= 11 is 1.80. The number of benzene rings is 7. The van der Waals surface area contributed by atoms with E-state index in [4.69, 9.17) is 19.4 Å². The molecule has 0 atom stereocenters. The Kier molecular flexibility index (Phi) is 6.01. The van der Waals surface area contributed by atoms with Crippen molar-refractivity contribution in [1.29, 1.82) is 0 Å². The Morgan fingerprint density at radius 1 is 0.396 bits per heavy atom. The minimum absolute atomic E-state index is 0.625. The molecule has 10 rings (SSSR count). The van der Waals surface area contributed by atoms with Gasteiger partial charge in [0.05, 0.1) is 0 Å². The quantitative estimate of drug-likeness (QED) is 0.194. The number of thiophene rings is 1. The van der Waals surface area contributed by atoms with Gasteiger partial charge in [-0.15, -0.1) is 11.3 Å². The topological polar surface area (TPSA) is 51.8 Å². The van der Waals surface area contributed by atoms with Crippen LogP contribution in [0.3, 0.4) is 0 Å². The molecule has 5 heteroatoms. The second kappa shape index (κ2) is 10.7. The Balaban J connectivity index is 1.21. The molecule has 0 amide bonds. The van der Waals surface area contributed by atoms with Crippen molar-refractivity contribution in [2.45, 2.75) is 0 Å². The molecular formula is C43H25N3OS. The lowest BCUT2D eigenvalue weighted by atomic mass is 9.95. The summed E-state index contributed by atoms with van der Waals surface area (Å²) < 4.78 is 8.75. The number of rotatable bonds is 4. The summed E-state index contributed by atoms with van der Waals surface area (Å²) in [5, 5.41) is 7.00. The van der Waals surface area contributed by atoms with Gasteiger partial charge in [-0.1, -0.05) is 121 Å². The van der Waals surface area contributed by atoms with Crippen molar-refractivity contribution in [3.63, 3.8) is 0 Å². The van der Waals surface area contributed by atoms with E-state index in [1.165, 1.54) is 25.6 Å². The molecule has 224 valence electrons. The van der Waals surface area contributed by atoms with E-state index in [1.54, 1.807) is 11.3 Å². The Bertz CT molecular complexity index is 2870. The highest BCUT2D eigenvalue weighted by Crippen LogP contribution is 2.41. The van der Waals surface area contributed by atoms with Crippen LogP contribution in [0.25, 0.3) is 98.2 Å². The van der Waals surface area contributed by atoms with Gasteiger partial charge in [-0.2, -0.15) is 0 Å². The fraction of sp³-hybridized carbons (Fsp3) is 0. The van der Waals surface area contributed by atoms with Crippen LogP contribution in [0.4, 0.5) is 0 Å². The highest BCUT2D eigenvalue weighted by molar-refractivity contribution is 7.25. The zero-order valence-corrected chi connectivity index (χ0v) is 26.4. The molecule has 0 bridgehead atoms. The van der Waals surface area contributed by atoms with Crippen molar-refractivity contribution in [3.8, 4) is 45.3 Å². The Hall–Kier alpha value is -6.17. The molecule has 0 aliphatic heterocycles. The van der Waals surface area contributed by atoms with Crippen molar-refractivity contribution >= 4 is 64.2 Å². The van der Waals surface area contributed by atoms with Crippen molar-refractivity contribution in [2.75, 3.05) is 0 Å². The molecule has 4 nitrogen and oxygen atoms in total. The number of hydrogen-bond donors (Lipinski definition) is 0. The van der Waals surface area contributed by atoms with Crippen molar-refractivity contribution in [3.05, 3.63) is 152 Å². The van der Waals surface area contributed by atoms with Crippen LogP contribution < -0.4 is 0 Å². The highest BCUT2D eigenvalue weighted by atomic mass is 32.1. The van der Waals surface area contributed by atoms with E-state index in [0.29, 0.717) is 17.5 Å². The second-order valence-electron chi connectivity index (χ2n) is 12.0. The van der Waals surface area contributed by atoms with Gasteiger partial charge in [0.15, 0.2) is 17.5 Å². The van der Waals surface area contributed by atoms with Gasteiger partial charge in [0, 0.05) is 47.6 Å². The first-order valence-corrected chi connectivity index (χ1v) is 16.8. The molecule has 0 unspecified atom stereocenters. The lowest BCUT2D eigenvalue weighted by Gasteiger charge is -2.13. The first-order valence-electron chi connectivity index (χ1n) is 15.9. The van der Waals surface area contributed by atoms with Crippen LogP contribution in [-0.2, 0) is 0 Å². The van der Waals surface area contributed by atoms with Crippen LogP contribution in [0.5, 0.6) is 0 Å². The number of fused-ring (bicyclic) bond motifs is 7. The Labute approximate surface area is 279 Å². The van der Waals surface area contributed by atoms with Crippen molar-refractivity contribution in [1.82, 2.24) is 15.0 Å². The van der Waals surface area contributed by atoms with E-state index in [0.717, 1.165) is 55.1 Å². The second-order valence-corrected chi connectivity index (χ2v) is 13.1. The highest BCUT2D eigenvalue weighted by Gasteiger charge is 2.19. The van der Waals surface area contributed by atoms with E-state index in [9.17, 15) is 0 Å². The number of hydrogen-bond acceptors (Lipinski definition) is 5. The summed E-state index contributed by atoms with van der Waals surface area (Å²) in [5.74, 6) is 1.91. The van der Waals surface area contributed by atoms with Crippen molar-refractivity contribution < 1.29 is 4.42 Å². The Morgan fingerprint density at radius 3 is 1.92 bits per heavy atom. The summed E-state index contributed by atoms with van der Waals surface area (Å²) in [6, 6.07) is 52.7. The van der Waals surface area contributed by atoms with Gasteiger partial charge in [0.1, 0.15) is 11.2 Å². The van der Waals surface area contributed by atoms with Crippen LogP contribution in [0.1, 0.15) is 0 Å². The third kappa shape index (κ3) is 4.33. The van der Waals surface area contributed by atoms with Crippen LogP contribution in [0.15, 0.2) is 156 Å². The average molecular weight is 632 g/mol. The van der Waals surface area contributed by atoms with Crippen LogP contribution in [0, 0.1) is 0 Å². The lowest BCUT2D eigenvalue weighted by molar-refractivity contribution is 0.669. The van der Waals surface area contributed by atoms with Gasteiger partial charge in [-0.25, -0.2) is 15.0 Å². The summed E-state index contributed by atoms with van der Waals surface area (Å²) in [4.78, 5) is 15.5. The van der Waals surface area contributed by atoms with Gasteiger partial charge in [-0.3, -0.25) is 0 Å². The van der Waals surface area contributed by atoms with E-state index >= 15 is 0 Å². The summed E-state index contributed by atoms with van der Waals surface area (Å²) in [6.07, 6.45) is 0. The monoisotopic (exact) mass is 631 g/mol. The molecule has 0 N–H and O–H groups in total. The summed E-state index contributed by atoms with van der Waals surface area (Å²) in [5.41, 5.74) is 6.68. The molecule has 0 saturated heterocycles. The zero-order valence-electron chi connectivity index (χ0n) is 25.6.